The predicted octanol–water partition coefficient (Wildman–Crippen LogP) is 6.02. The minimum atomic E-state index is -0.515. The van der Waals surface area contributed by atoms with Crippen molar-refractivity contribution in [3.05, 3.63) is 101 Å². The van der Waals surface area contributed by atoms with Crippen molar-refractivity contribution in [2.45, 2.75) is 37.9 Å². The van der Waals surface area contributed by atoms with Crippen LogP contribution in [0.25, 0.3) is 5.69 Å². The maximum Gasteiger partial charge on any atom is 0.251 e. The van der Waals surface area contributed by atoms with E-state index in [2.05, 4.69) is 41.6 Å². The molecule has 0 saturated carbocycles. The lowest BCUT2D eigenvalue weighted by molar-refractivity contribution is -0.113. The molecule has 1 heterocycles. The Morgan fingerprint density at radius 1 is 1.00 bits per heavy atom. The molecule has 1 aromatic heterocycles. The molecule has 0 unspecified atom stereocenters. The second-order valence-corrected chi connectivity index (χ2v) is 10.9. The zero-order valence-corrected chi connectivity index (χ0v) is 22.7. The van der Waals surface area contributed by atoms with Crippen molar-refractivity contribution in [3.8, 4) is 5.69 Å². The van der Waals surface area contributed by atoms with Crippen LogP contribution in [0.5, 0.6) is 0 Å². The van der Waals surface area contributed by atoms with E-state index < -0.39 is 11.7 Å². The van der Waals surface area contributed by atoms with E-state index >= 15 is 0 Å². The van der Waals surface area contributed by atoms with Gasteiger partial charge in [-0.1, -0.05) is 74.5 Å². The lowest BCUT2D eigenvalue weighted by atomic mass is 9.87. The summed E-state index contributed by atoms with van der Waals surface area (Å²) in [6.45, 7) is 6.44. The van der Waals surface area contributed by atoms with Gasteiger partial charge in [0.25, 0.3) is 5.91 Å². The van der Waals surface area contributed by atoms with Crippen LogP contribution in [0.3, 0.4) is 0 Å². The summed E-state index contributed by atoms with van der Waals surface area (Å²) in [5.41, 5.74) is 2.44. The average Bonchev–Trinajstić information content (AvgIpc) is 3.30. The summed E-state index contributed by atoms with van der Waals surface area (Å²) in [7, 11) is 0. The maximum atomic E-state index is 13.9. The number of nitrogens with one attached hydrogen (secondary N) is 2. The lowest BCUT2D eigenvalue weighted by Gasteiger charge is -2.19. The van der Waals surface area contributed by atoms with Crippen molar-refractivity contribution < 1.29 is 14.0 Å². The highest BCUT2D eigenvalue weighted by Crippen LogP contribution is 2.25. The number of hydrogen-bond donors (Lipinski definition) is 2. The monoisotopic (exact) mass is 551 g/mol. The number of benzene rings is 3. The van der Waals surface area contributed by atoms with E-state index in [0.717, 1.165) is 17.3 Å². The molecule has 10 heteroatoms. The summed E-state index contributed by atoms with van der Waals surface area (Å²) in [5, 5.41) is 14.9. The zero-order chi connectivity index (χ0) is 27.3. The van der Waals surface area contributed by atoms with E-state index in [1.165, 1.54) is 12.1 Å². The fraction of sp³-hybridized carbons (Fsp3) is 0.214. The molecular weight excluding hydrogens is 525 g/mol. The molecule has 4 aromatic rings. The molecule has 0 fully saturated rings. The van der Waals surface area contributed by atoms with E-state index in [-0.39, 0.29) is 29.3 Å². The molecule has 38 heavy (non-hydrogen) atoms. The van der Waals surface area contributed by atoms with Crippen molar-refractivity contribution in [2.75, 3.05) is 11.1 Å². The number of aromatic nitrogens is 3. The number of carbonyl (C=O) groups is 2. The first-order valence-electron chi connectivity index (χ1n) is 11.9. The van der Waals surface area contributed by atoms with Crippen LogP contribution in [0.1, 0.15) is 42.5 Å². The maximum absolute atomic E-state index is 13.9. The van der Waals surface area contributed by atoms with Crippen molar-refractivity contribution >= 4 is 40.9 Å². The molecule has 3 aromatic carbocycles. The summed E-state index contributed by atoms with van der Waals surface area (Å²) in [6, 6.07) is 20.6. The molecule has 2 N–H and O–H groups in total. The number of amides is 2. The minimum Gasteiger partial charge on any atom is -0.345 e. The van der Waals surface area contributed by atoms with E-state index in [0.29, 0.717) is 27.3 Å². The third-order valence-corrected chi connectivity index (χ3v) is 6.83. The Balaban J connectivity index is 1.50. The van der Waals surface area contributed by atoms with Crippen molar-refractivity contribution in [3.63, 3.8) is 0 Å². The SMILES string of the molecule is CC(C)(C)c1ccc(C(=O)NCc2nnc(SCC(=O)Nc3ccccc3F)n2-c2cccc(Cl)c2)cc1. The minimum absolute atomic E-state index is 0.0113. The highest BCUT2D eigenvalue weighted by atomic mass is 35.5. The van der Waals surface area contributed by atoms with Crippen LogP contribution >= 0.6 is 23.4 Å². The summed E-state index contributed by atoms with van der Waals surface area (Å²) >= 11 is 7.36. The topological polar surface area (TPSA) is 88.9 Å². The van der Waals surface area contributed by atoms with Gasteiger partial charge in [0.2, 0.25) is 5.91 Å². The number of hydrogen-bond acceptors (Lipinski definition) is 5. The fourth-order valence-corrected chi connectivity index (χ4v) is 4.60. The molecule has 0 bridgehead atoms. The van der Waals surface area contributed by atoms with Crippen LogP contribution in [-0.2, 0) is 16.8 Å². The molecule has 0 saturated heterocycles. The second kappa shape index (κ2) is 11.8. The quantitative estimate of drug-likeness (QED) is 0.261. The van der Waals surface area contributed by atoms with Gasteiger partial charge in [-0.3, -0.25) is 14.2 Å². The molecule has 196 valence electrons. The molecule has 0 aliphatic heterocycles. The summed E-state index contributed by atoms with van der Waals surface area (Å²) in [4.78, 5) is 25.3. The van der Waals surface area contributed by atoms with Crippen molar-refractivity contribution in [2.24, 2.45) is 0 Å². The number of carbonyl (C=O) groups excluding carboxylic acids is 2. The van der Waals surface area contributed by atoms with Crippen LogP contribution in [0.15, 0.2) is 78.0 Å². The van der Waals surface area contributed by atoms with Crippen LogP contribution in [-0.4, -0.2) is 32.3 Å². The Hall–Kier alpha value is -3.69. The molecule has 4 rings (SSSR count). The first-order valence-corrected chi connectivity index (χ1v) is 13.2. The van der Waals surface area contributed by atoms with Gasteiger partial charge < -0.3 is 10.6 Å². The van der Waals surface area contributed by atoms with Crippen LogP contribution in [0.2, 0.25) is 5.02 Å². The first kappa shape index (κ1) is 27.3. The summed E-state index contributed by atoms with van der Waals surface area (Å²) in [5.74, 6) is -0.721. The van der Waals surface area contributed by atoms with Crippen LogP contribution < -0.4 is 10.6 Å². The number of anilines is 1. The van der Waals surface area contributed by atoms with Gasteiger partial charge in [0, 0.05) is 10.6 Å². The van der Waals surface area contributed by atoms with Gasteiger partial charge in [-0.05, 0) is 53.4 Å². The Morgan fingerprint density at radius 3 is 2.42 bits per heavy atom. The molecule has 2 amide bonds. The van der Waals surface area contributed by atoms with Gasteiger partial charge in [0.15, 0.2) is 11.0 Å². The Labute approximate surface area is 229 Å². The molecule has 0 aliphatic carbocycles. The Morgan fingerprint density at radius 2 is 1.74 bits per heavy atom. The molecule has 0 radical (unpaired) electrons. The predicted molar refractivity (Wildman–Crippen MR) is 148 cm³/mol. The van der Waals surface area contributed by atoms with E-state index in [1.54, 1.807) is 47.0 Å². The van der Waals surface area contributed by atoms with Gasteiger partial charge in [-0.15, -0.1) is 10.2 Å². The summed E-state index contributed by atoms with van der Waals surface area (Å²) in [6.07, 6.45) is 0. The van der Waals surface area contributed by atoms with Gasteiger partial charge in [0.05, 0.1) is 23.7 Å². The van der Waals surface area contributed by atoms with Crippen molar-refractivity contribution in [1.29, 1.82) is 0 Å². The number of thioether (sulfide) groups is 1. The van der Waals surface area contributed by atoms with Gasteiger partial charge in [-0.25, -0.2) is 4.39 Å². The number of halogens is 2. The second-order valence-electron chi connectivity index (χ2n) is 9.54. The number of rotatable bonds is 8. The van der Waals surface area contributed by atoms with Crippen LogP contribution in [0.4, 0.5) is 10.1 Å². The van der Waals surface area contributed by atoms with Gasteiger partial charge in [0.1, 0.15) is 5.82 Å². The first-order chi connectivity index (χ1) is 18.1. The smallest absolute Gasteiger partial charge is 0.251 e. The van der Waals surface area contributed by atoms with Crippen molar-refractivity contribution in [1.82, 2.24) is 20.1 Å². The van der Waals surface area contributed by atoms with E-state index in [4.69, 9.17) is 11.6 Å². The normalized spacial score (nSPS) is 11.3. The van der Waals surface area contributed by atoms with Gasteiger partial charge >= 0.3 is 0 Å². The third-order valence-electron chi connectivity index (χ3n) is 5.67. The largest absolute Gasteiger partial charge is 0.345 e. The fourth-order valence-electron chi connectivity index (χ4n) is 3.64. The summed E-state index contributed by atoms with van der Waals surface area (Å²) < 4.78 is 15.6. The molecule has 7 nitrogen and oxygen atoms in total. The van der Waals surface area contributed by atoms with E-state index in [9.17, 15) is 14.0 Å². The van der Waals surface area contributed by atoms with Crippen LogP contribution in [0, 0.1) is 5.82 Å². The lowest BCUT2D eigenvalue weighted by Crippen LogP contribution is -2.25. The highest BCUT2D eigenvalue weighted by Gasteiger charge is 2.19. The molecular formula is C28H27ClFN5O2S. The highest BCUT2D eigenvalue weighted by molar-refractivity contribution is 7.99. The molecule has 0 spiro atoms. The van der Waals surface area contributed by atoms with Gasteiger partial charge in [-0.2, -0.15) is 0 Å². The van der Waals surface area contributed by atoms with E-state index in [1.807, 2.05) is 18.2 Å². The Kier molecular flexibility index (Phi) is 8.48. The number of nitrogens with zero attached hydrogens (tertiary/aromatic N) is 3. The number of para-hydroxylation sites is 1. The Bertz CT molecular complexity index is 1450. The average molecular weight is 552 g/mol. The molecule has 0 atom stereocenters. The molecule has 0 aliphatic rings. The zero-order valence-electron chi connectivity index (χ0n) is 21.2. The third kappa shape index (κ3) is 6.79. The standard InChI is InChI=1S/C28H27ClFN5O2S/c1-28(2,3)19-13-11-18(12-14-19)26(37)31-16-24-33-34-27(35(24)21-8-6-7-20(29)15-21)38-17-25(36)32-23-10-5-4-9-22(23)30/h4-15H,16-17H2,1-3H3,(H,31,37)(H,32,36).